The van der Waals surface area contributed by atoms with E-state index in [9.17, 15) is 0 Å². The summed E-state index contributed by atoms with van der Waals surface area (Å²) in [6, 6.07) is 0.662. The Hall–Kier alpha value is 0.270. The fraction of sp³-hybridized carbons (Fsp3) is 1.00. The highest BCUT2D eigenvalue weighted by atomic mass is 32.2. The van der Waals surface area contributed by atoms with Crippen LogP contribution in [0, 0.1) is 5.92 Å². The maximum Gasteiger partial charge on any atom is 0.0510 e. The smallest absolute Gasteiger partial charge is 0.0510 e. The Balaban J connectivity index is 1.69. The van der Waals surface area contributed by atoms with Crippen LogP contribution in [0.5, 0.6) is 0 Å². The van der Waals surface area contributed by atoms with E-state index in [2.05, 4.69) is 24.1 Å². The molecule has 0 radical (unpaired) electrons. The van der Waals surface area contributed by atoms with Crippen LogP contribution in [0.1, 0.15) is 38.5 Å². The zero-order chi connectivity index (χ0) is 11.2. The van der Waals surface area contributed by atoms with Gasteiger partial charge in [0.1, 0.15) is 0 Å². The van der Waals surface area contributed by atoms with Crippen molar-refractivity contribution in [2.24, 2.45) is 5.92 Å². The quantitative estimate of drug-likeness (QED) is 0.802. The normalized spacial score (nSPS) is 29.4. The summed E-state index contributed by atoms with van der Waals surface area (Å²) in [4.78, 5) is 0. The Bertz CT molecular complexity index is 188. The van der Waals surface area contributed by atoms with Gasteiger partial charge >= 0.3 is 0 Å². The number of nitrogens with one attached hydrogen (secondary N) is 1. The summed E-state index contributed by atoms with van der Waals surface area (Å²) < 4.78 is 5.48. The zero-order valence-corrected chi connectivity index (χ0v) is 11.2. The first-order valence-corrected chi connectivity index (χ1v) is 7.81. The van der Waals surface area contributed by atoms with Crippen molar-refractivity contribution in [3.63, 3.8) is 0 Å². The van der Waals surface area contributed by atoms with Crippen LogP contribution in [0.2, 0.25) is 0 Å². The molecular weight excluding hydrogens is 218 g/mol. The Kier molecular flexibility index (Phi) is 5.46. The lowest BCUT2D eigenvalue weighted by molar-refractivity contribution is 0.179. The molecule has 2 nitrogen and oxygen atoms in total. The molecule has 0 aromatic carbocycles. The van der Waals surface area contributed by atoms with Crippen molar-refractivity contribution in [2.75, 3.05) is 26.0 Å². The van der Waals surface area contributed by atoms with Crippen LogP contribution in [0.25, 0.3) is 0 Å². The van der Waals surface area contributed by atoms with Crippen LogP contribution in [-0.4, -0.2) is 37.3 Å². The third kappa shape index (κ3) is 3.64. The van der Waals surface area contributed by atoms with Gasteiger partial charge in [-0.1, -0.05) is 19.3 Å². The van der Waals surface area contributed by atoms with E-state index >= 15 is 0 Å². The van der Waals surface area contributed by atoms with Gasteiger partial charge in [0.25, 0.3) is 0 Å². The minimum Gasteiger partial charge on any atom is -0.381 e. The Morgan fingerprint density at radius 3 is 2.69 bits per heavy atom. The number of hydrogen-bond acceptors (Lipinski definition) is 3. The third-order valence-corrected chi connectivity index (χ3v) is 5.46. The predicted octanol–water partition coefficient (Wildman–Crippen LogP) is 2.68. The second kappa shape index (κ2) is 6.87. The molecular formula is C13H25NOS. The first kappa shape index (κ1) is 12.7. The molecule has 0 aromatic rings. The lowest BCUT2D eigenvalue weighted by atomic mass is 10.0. The maximum absolute atomic E-state index is 5.48. The van der Waals surface area contributed by atoms with Gasteiger partial charge in [-0.05, 0) is 26.3 Å². The van der Waals surface area contributed by atoms with E-state index in [0.29, 0.717) is 6.04 Å². The summed E-state index contributed by atoms with van der Waals surface area (Å²) >= 11 is 2.20. The molecule has 16 heavy (non-hydrogen) atoms. The molecule has 1 saturated heterocycles. The summed E-state index contributed by atoms with van der Waals surface area (Å²) in [6.07, 6.45) is 8.51. The lowest BCUT2D eigenvalue weighted by Gasteiger charge is -2.26. The van der Waals surface area contributed by atoms with Crippen LogP contribution in [0.4, 0.5) is 0 Å². The van der Waals surface area contributed by atoms with Gasteiger partial charge in [0.05, 0.1) is 6.61 Å². The second-order valence-corrected chi connectivity index (χ2v) is 6.45. The molecule has 3 heteroatoms. The van der Waals surface area contributed by atoms with Crippen LogP contribution in [0.3, 0.4) is 0 Å². The highest BCUT2D eigenvalue weighted by Crippen LogP contribution is 2.30. The van der Waals surface area contributed by atoms with Gasteiger partial charge in [-0.3, -0.25) is 0 Å². The van der Waals surface area contributed by atoms with Crippen molar-refractivity contribution in [1.29, 1.82) is 0 Å². The monoisotopic (exact) mass is 243 g/mol. The molecule has 1 aliphatic carbocycles. The number of hydrogen-bond donors (Lipinski definition) is 1. The molecule has 1 N–H and O–H groups in total. The summed E-state index contributed by atoms with van der Waals surface area (Å²) in [6.45, 7) is 1.94. The van der Waals surface area contributed by atoms with Crippen molar-refractivity contribution < 1.29 is 4.74 Å². The molecule has 0 bridgehead atoms. The molecule has 94 valence electrons. The molecule has 1 aliphatic heterocycles. The highest BCUT2D eigenvalue weighted by molar-refractivity contribution is 7.99. The van der Waals surface area contributed by atoms with E-state index in [1.807, 2.05) is 0 Å². The van der Waals surface area contributed by atoms with Gasteiger partial charge in [-0.15, -0.1) is 0 Å². The summed E-state index contributed by atoms with van der Waals surface area (Å²) in [5, 5.41) is 4.42. The first-order chi connectivity index (χ1) is 7.90. The minimum absolute atomic E-state index is 0.662. The average molecular weight is 243 g/mol. The van der Waals surface area contributed by atoms with E-state index < -0.39 is 0 Å². The fourth-order valence-corrected chi connectivity index (χ4v) is 4.38. The zero-order valence-electron chi connectivity index (χ0n) is 10.4. The van der Waals surface area contributed by atoms with E-state index in [-0.39, 0.29) is 0 Å². The van der Waals surface area contributed by atoms with Crippen molar-refractivity contribution >= 4 is 11.8 Å². The molecule has 2 fully saturated rings. The molecule has 1 heterocycles. The van der Waals surface area contributed by atoms with Gasteiger partial charge in [0.15, 0.2) is 0 Å². The van der Waals surface area contributed by atoms with Crippen LogP contribution >= 0.6 is 11.8 Å². The molecule has 2 unspecified atom stereocenters. The van der Waals surface area contributed by atoms with E-state index in [1.54, 1.807) is 0 Å². The van der Waals surface area contributed by atoms with Crippen LogP contribution < -0.4 is 5.32 Å². The molecule has 0 amide bonds. The van der Waals surface area contributed by atoms with Crippen molar-refractivity contribution in [1.82, 2.24) is 5.32 Å². The van der Waals surface area contributed by atoms with Crippen molar-refractivity contribution in [2.45, 2.75) is 49.8 Å². The molecule has 0 spiro atoms. The summed E-state index contributed by atoms with van der Waals surface area (Å²) in [5.41, 5.74) is 0. The van der Waals surface area contributed by atoms with Gasteiger partial charge in [0.2, 0.25) is 0 Å². The molecule has 2 rings (SSSR count). The number of ether oxygens (including phenoxy) is 1. The Morgan fingerprint density at radius 1 is 1.25 bits per heavy atom. The van der Waals surface area contributed by atoms with E-state index in [4.69, 9.17) is 4.74 Å². The van der Waals surface area contributed by atoms with Crippen LogP contribution in [0.15, 0.2) is 0 Å². The van der Waals surface area contributed by atoms with E-state index in [1.165, 1.54) is 44.3 Å². The fourth-order valence-electron chi connectivity index (χ4n) is 2.80. The van der Waals surface area contributed by atoms with Gasteiger partial charge < -0.3 is 10.1 Å². The Morgan fingerprint density at radius 2 is 2.06 bits per heavy atom. The number of rotatable bonds is 5. The summed E-state index contributed by atoms with van der Waals surface area (Å²) in [7, 11) is 2.10. The van der Waals surface area contributed by atoms with E-state index in [0.717, 1.165) is 24.4 Å². The lowest BCUT2D eigenvalue weighted by Crippen LogP contribution is -2.36. The predicted molar refractivity (Wildman–Crippen MR) is 71.1 cm³/mol. The van der Waals surface area contributed by atoms with Crippen molar-refractivity contribution in [3.05, 3.63) is 0 Å². The topological polar surface area (TPSA) is 21.3 Å². The van der Waals surface area contributed by atoms with Gasteiger partial charge in [-0.2, -0.15) is 11.8 Å². The highest BCUT2D eigenvalue weighted by Gasteiger charge is 2.25. The summed E-state index contributed by atoms with van der Waals surface area (Å²) in [5.74, 6) is 2.02. The third-order valence-electron chi connectivity index (χ3n) is 3.97. The maximum atomic E-state index is 5.48. The SMILES string of the molecule is CNC(CSC1CCCCC1)C1CCOC1. The molecule has 1 saturated carbocycles. The van der Waals surface area contributed by atoms with Gasteiger partial charge in [-0.25, -0.2) is 0 Å². The Labute approximate surface area is 104 Å². The molecule has 2 aliphatic rings. The number of thioether (sulfide) groups is 1. The largest absolute Gasteiger partial charge is 0.381 e. The molecule has 2 atom stereocenters. The van der Waals surface area contributed by atoms with Gasteiger partial charge in [0, 0.05) is 29.6 Å². The molecule has 0 aromatic heterocycles. The van der Waals surface area contributed by atoms with Crippen molar-refractivity contribution in [3.8, 4) is 0 Å². The minimum atomic E-state index is 0.662. The first-order valence-electron chi connectivity index (χ1n) is 6.76. The van der Waals surface area contributed by atoms with Crippen LogP contribution in [-0.2, 0) is 4.74 Å². The average Bonchev–Trinajstić information content (AvgIpc) is 2.85. The second-order valence-electron chi connectivity index (χ2n) is 5.11. The standard InChI is InChI=1S/C13H25NOS/c1-14-13(11-7-8-15-9-11)10-16-12-5-3-2-4-6-12/h11-14H,2-10H2,1H3.